The molecule has 1 atom stereocenters. The highest BCUT2D eigenvalue weighted by atomic mass is 14.8. The van der Waals surface area contributed by atoms with Gasteiger partial charge in [0, 0.05) is 6.42 Å². The molecule has 0 fully saturated rings. The van der Waals surface area contributed by atoms with Crippen molar-refractivity contribution in [3.8, 4) is 12.3 Å². The van der Waals surface area contributed by atoms with E-state index in [0.717, 1.165) is 19.5 Å². The largest absolute Gasteiger partial charge is 0.317 e. The Balaban J connectivity index is 3.08. The van der Waals surface area contributed by atoms with Gasteiger partial charge in [-0.2, -0.15) is 0 Å². The van der Waals surface area contributed by atoms with E-state index >= 15 is 0 Å². The number of rotatable bonds is 4. The summed E-state index contributed by atoms with van der Waals surface area (Å²) in [7, 11) is 0. The van der Waals surface area contributed by atoms with Gasteiger partial charge in [0.25, 0.3) is 0 Å². The zero-order valence-electron chi connectivity index (χ0n) is 6.28. The van der Waals surface area contributed by atoms with Crippen LogP contribution in [-0.2, 0) is 0 Å². The fraction of sp³-hybridized carbons (Fsp3) is 0.750. The van der Waals surface area contributed by atoms with Crippen LogP contribution in [0.4, 0.5) is 0 Å². The molecule has 52 valence electrons. The van der Waals surface area contributed by atoms with Crippen molar-refractivity contribution < 1.29 is 0 Å². The molecule has 0 aromatic heterocycles. The molecule has 0 aliphatic heterocycles. The Morgan fingerprint density at radius 2 is 2.33 bits per heavy atom. The Kier molecular flexibility index (Phi) is 5.35. The van der Waals surface area contributed by atoms with Crippen LogP contribution in [-0.4, -0.2) is 13.1 Å². The Morgan fingerprint density at radius 1 is 1.67 bits per heavy atom. The van der Waals surface area contributed by atoms with Crippen LogP contribution in [0.15, 0.2) is 0 Å². The van der Waals surface area contributed by atoms with E-state index in [2.05, 4.69) is 25.1 Å². The molecule has 0 spiro atoms. The lowest BCUT2D eigenvalue weighted by Gasteiger charge is -2.06. The van der Waals surface area contributed by atoms with Gasteiger partial charge in [-0.3, -0.25) is 0 Å². The molecular formula is C8H15N. The number of terminal acetylenes is 1. The maximum atomic E-state index is 5.12. The minimum absolute atomic E-state index is 0.620. The van der Waals surface area contributed by atoms with Gasteiger partial charge in [0.05, 0.1) is 0 Å². The highest BCUT2D eigenvalue weighted by Gasteiger charge is 1.95. The molecule has 0 aliphatic carbocycles. The van der Waals surface area contributed by atoms with Crippen LogP contribution in [0.2, 0.25) is 0 Å². The molecule has 0 bridgehead atoms. The summed E-state index contributed by atoms with van der Waals surface area (Å²) < 4.78 is 0. The van der Waals surface area contributed by atoms with Crippen LogP contribution >= 0.6 is 0 Å². The molecule has 9 heavy (non-hydrogen) atoms. The van der Waals surface area contributed by atoms with Gasteiger partial charge in [-0.25, -0.2) is 0 Å². The maximum absolute atomic E-state index is 5.12. The summed E-state index contributed by atoms with van der Waals surface area (Å²) in [6.07, 6.45) is 6.01. The quantitative estimate of drug-likeness (QED) is 0.558. The van der Waals surface area contributed by atoms with Gasteiger partial charge in [0.2, 0.25) is 0 Å². The Morgan fingerprint density at radius 3 is 2.78 bits per heavy atom. The van der Waals surface area contributed by atoms with Crippen molar-refractivity contribution in [1.29, 1.82) is 0 Å². The minimum Gasteiger partial charge on any atom is -0.317 e. The molecule has 0 aliphatic rings. The zero-order valence-corrected chi connectivity index (χ0v) is 6.28. The predicted molar refractivity (Wildman–Crippen MR) is 41.2 cm³/mol. The third-order valence-electron chi connectivity index (χ3n) is 1.21. The van der Waals surface area contributed by atoms with Gasteiger partial charge in [0.15, 0.2) is 0 Å². The summed E-state index contributed by atoms with van der Waals surface area (Å²) in [6, 6.07) is 0. The first kappa shape index (κ1) is 8.52. The van der Waals surface area contributed by atoms with Crippen molar-refractivity contribution in [2.45, 2.75) is 20.3 Å². The maximum Gasteiger partial charge on any atom is 0.0124 e. The Hall–Kier alpha value is -0.480. The molecule has 0 rings (SSSR count). The third kappa shape index (κ3) is 5.39. The standard InChI is InChI=1S/C8H15N/c1-4-6-8(3)7-9-5-2/h1,8-9H,5-7H2,2-3H3. The average molecular weight is 125 g/mol. The van der Waals surface area contributed by atoms with E-state index in [0.29, 0.717) is 5.92 Å². The van der Waals surface area contributed by atoms with Crippen molar-refractivity contribution in [2.24, 2.45) is 5.92 Å². The first-order valence-corrected chi connectivity index (χ1v) is 3.45. The molecule has 1 N–H and O–H groups in total. The number of nitrogens with one attached hydrogen (secondary N) is 1. The third-order valence-corrected chi connectivity index (χ3v) is 1.21. The first-order chi connectivity index (χ1) is 4.31. The van der Waals surface area contributed by atoms with Crippen LogP contribution in [0.3, 0.4) is 0 Å². The smallest absolute Gasteiger partial charge is 0.0124 e. The van der Waals surface area contributed by atoms with Gasteiger partial charge in [-0.15, -0.1) is 12.3 Å². The molecule has 0 aromatic carbocycles. The van der Waals surface area contributed by atoms with Crippen LogP contribution in [0, 0.1) is 18.3 Å². The predicted octanol–water partition coefficient (Wildman–Crippen LogP) is 1.26. The van der Waals surface area contributed by atoms with E-state index in [-0.39, 0.29) is 0 Å². The van der Waals surface area contributed by atoms with Crippen LogP contribution in [0.1, 0.15) is 20.3 Å². The molecule has 0 heterocycles. The average Bonchev–Trinajstić information content (AvgIpc) is 1.85. The van der Waals surface area contributed by atoms with E-state index in [4.69, 9.17) is 6.42 Å². The summed E-state index contributed by atoms with van der Waals surface area (Å²) in [4.78, 5) is 0. The van der Waals surface area contributed by atoms with E-state index in [1.165, 1.54) is 0 Å². The SMILES string of the molecule is C#CCC(C)CNCC. The van der Waals surface area contributed by atoms with E-state index in [1.807, 2.05) is 0 Å². The van der Waals surface area contributed by atoms with Gasteiger partial charge < -0.3 is 5.32 Å². The lowest BCUT2D eigenvalue weighted by molar-refractivity contribution is 0.536. The molecule has 1 nitrogen and oxygen atoms in total. The molecule has 0 saturated heterocycles. The van der Waals surface area contributed by atoms with Crippen LogP contribution in [0.5, 0.6) is 0 Å². The lowest BCUT2D eigenvalue weighted by Crippen LogP contribution is -2.20. The summed E-state index contributed by atoms with van der Waals surface area (Å²) >= 11 is 0. The van der Waals surface area contributed by atoms with E-state index in [1.54, 1.807) is 0 Å². The fourth-order valence-corrected chi connectivity index (χ4v) is 0.664. The van der Waals surface area contributed by atoms with E-state index < -0.39 is 0 Å². The minimum atomic E-state index is 0.620. The monoisotopic (exact) mass is 125 g/mol. The first-order valence-electron chi connectivity index (χ1n) is 3.45. The van der Waals surface area contributed by atoms with Gasteiger partial charge in [0.1, 0.15) is 0 Å². The highest BCUT2D eigenvalue weighted by Crippen LogP contribution is 1.96. The van der Waals surface area contributed by atoms with Crippen LogP contribution < -0.4 is 5.32 Å². The highest BCUT2D eigenvalue weighted by molar-refractivity contribution is 4.85. The molecule has 0 amide bonds. The summed E-state index contributed by atoms with van der Waals surface area (Å²) in [5.74, 6) is 3.26. The zero-order chi connectivity index (χ0) is 7.11. The molecule has 0 radical (unpaired) electrons. The molecule has 0 aromatic rings. The second kappa shape index (κ2) is 5.65. The summed E-state index contributed by atoms with van der Waals surface area (Å²) in [6.45, 7) is 6.33. The topological polar surface area (TPSA) is 12.0 Å². The Labute approximate surface area is 57.8 Å². The van der Waals surface area contributed by atoms with Crippen molar-refractivity contribution in [1.82, 2.24) is 5.32 Å². The molecule has 1 heteroatoms. The second-order valence-corrected chi connectivity index (χ2v) is 2.32. The second-order valence-electron chi connectivity index (χ2n) is 2.32. The summed E-state index contributed by atoms with van der Waals surface area (Å²) in [5.41, 5.74) is 0. The van der Waals surface area contributed by atoms with Gasteiger partial charge in [-0.1, -0.05) is 13.8 Å². The number of hydrogen-bond donors (Lipinski definition) is 1. The molecular weight excluding hydrogens is 110 g/mol. The molecule has 0 saturated carbocycles. The van der Waals surface area contributed by atoms with Crippen molar-refractivity contribution in [3.05, 3.63) is 0 Å². The van der Waals surface area contributed by atoms with Gasteiger partial charge in [-0.05, 0) is 19.0 Å². The van der Waals surface area contributed by atoms with E-state index in [9.17, 15) is 0 Å². The van der Waals surface area contributed by atoms with Gasteiger partial charge >= 0.3 is 0 Å². The fourth-order valence-electron chi connectivity index (χ4n) is 0.664. The number of hydrogen-bond acceptors (Lipinski definition) is 1. The molecule has 1 unspecified atom stereocenters. The lowest BCUT2D eigenvalue weighted by atomic mass is 10.1. The van der Waals surface area contributed by atoms with Crippen LogP contribution in [0.25, 0.3) is 0 Å². The van der Waals surface area contributed by atoms with Crippen molar-refractivity contribution in [3.63, 3.8) is 0 Å². The summed E-state index contributed by atoms with van der Waals surface area (Å²) in [5, 5.41) is 3.24. The van der Waals surface area contributed by atoms with Crippen molar-refractivity contribution >= 4 is 0 Å². The van der Waals surface area contributed by atoms with Crippen molar-refractivity contribution in [2.75, 3.05) is 13.1 Å². The Bertz CT molecular complexity index is 91.2. The normalized spacial score (nSPS) is 12.6.